The number of hydrogen-bond donors (Lipinski definition) is 0. The molecule has 0 aromatic heterocycles. The predicted molar refractivity (Wildman–Crippen MR) is 105 cm³/mol. The maximum atomic E-state index is 5.07. The van der Waals surface area contributed by atoms with Crippen molar-refractivity contribution < 1.29 is 0 Å². The Kier molecular flexibility index (Phi) is 16.7. The Morgan fingerprint density at radius 1 is 0.895 bits per heavy atom. The van der Waals surface area contributed by atoms with Gasteiger partial charge in [0.2, 0.25) is 0 Å². The van der Waals surface area contributed by atoms with Gasteiger partial charge in [0.1, 0.15) is 8.64 Å². The monoisotopic (exact) mass is 354 g/mol. The molecule has 0 N–H and O–H groups in total. The third-order valence-corrected chi connectivity index (χ3v) is 6.49. The summed E-state index contributed by atoms with van der Waals surface area (Å²) in [4.78, 5) is 3.79. The van der Waals surface area contributed by atoms with Crippen molar-refractivity contribution >= 4 is 66.4 Å². The SMILES string of the molecule is C=CCSCC=C.CN(C)C(=S)SSC(=S)N(C)C. The van der Waals surface area contributed by atoms with Crippen LogP contribution in [0.1, 0.15) is 0 Å². The summed E-state index contributed by atoms with van der Waals surface area (Å²) in [6.45, 7) is 7.15. The molecule has 0 spiro atoms. The van der Waals surface area contributed by atoms with E-state index < -0.39 is 0 Å². The van der Waals surface area contributed by atoms with Gasteiger partial charge in [-0.15, -0.1) is 13.2 Å². The summed E-state index contributed by atoms with van der Waals surface area (Å²) in [5.74, 6) is 2.07. The highest BCUT2D eigenvalue weighted by Gasteiger charge is 2.04. The number of rotatable bonds is 4. The van der Waals surface area contributed by atoms with E-state index in [9.17, 15) is 0 Å². The molecule has 0 fully saturated rings. The number of nitrogens with zero attached hydrogens (tertiary/aromatic N) is 2. The van der Waals surface area contributed by atoms with Crippen LogP contribution in [0.15, 0.2) is 25.3 Å². The fraction of sp³-hybridized carbons (Fsp3) is 0.500. The summed E-state index contributed by atoms with van der Waals surface area (Å²) in [5.41, 5.74) is 0. The van der Waals surface area contributed by atoms with Gasteiger partial charge in [0, 0.05) is 39.7 Å². The second-order valence-electron chi connectivity index (χ2n) is 3.60. The molecule has 0 radical (unpaired) electrons. The van der Waals surface area contributed by atoms with E-state index in [1.807, 2.05) is 61.9 Å². The van der Waals surface area contributed by atoms with Crippen molar-refractivity contribution in [2.24, 2.45) is 0 Å². The third-order valence-electron chi connectivity index (χ3n) is 1.39. The van der Waals surface area contributed by atoms with Crippen molar-refractivity contribution in [3.8, 4) is 0 Å². The summed E-state index contributed by atoms with van der Waals surface area (Å²) in [5, 5.41) is 0. The average Bonchev–Trinajstić information content (AvgIpc) is 2.36. The van der Waals surface area contributed by atoms with Crippen LogP contribution in [0.2, 0.25) is 0 Å². The van der Waals surface area contributed by atoms with Crippen LogP contribution in [-0.4, -0.2) is 58.1 Å². The van der Waals surface area contributed by atoms with Gasteiger partial charge in [-0.2, -0.15) is 11.8 Å². The molecule has 110 valence electrons. The van der Waals surface area contributed by atoms with Crippen LogP contribution in [0, 0.1) is 0 Å². The molecule has 0 atom stereocenters. The Labute approximate surface area is 140 Å². The lowest BCUT2D eigenvalue weighted by atomic mass is 10.8. The van der Waals surface area contributed by atoms with E-state index in [1.165, 1.54) is 21.6 Å². The minimum Gasteiger partial charge on any atom is -0.363 e. The maximum absolute atomic E-state index is 5.07. The second kappa shape index (κ2) is 14.7. The Morgan fingerprint density at radius 2 is 1.21 bits per heavy atom. The van der Waals surface area contributed by atoms with E-state index in [-0.39, 0.29) is 0 Å². The highest BCUT2D eigenvalue weighted by atomic mass is 33.1. The van der Waals surface area contributed by atoms with Crippen LogP contribution >= 0.6 is 57.8 Å². The Balaban J connectivity index is 0. The normalized spacial score (nSPS) is 8.84. The van der Waals surface area contributed by atoms with Gasteiger partial charge in [0.15, 0.2) is 0 Å². The molecule has 0 heterocycles. The molecule has 0 aliphatic heterocycles. The van der Waals surface area contributed by atoms with Crippen molar-refractivity contribution in [3.05, 3.63) is 25.3 Å². The molecule has 7 heteroatoms. The highest BCUT2D eigenvalue weighted by Crippen LogP contribution is 2.26. The minimum atomic E-state index is 0.837. The quantitative estimate of drug-likeness (QED) is 0.320. The summed E-state index contributed by atoms with van der Waals surface area (Å²) in [7, 11) is 10.7. The van der Waals surface area contributed by atoms with Crippen molar-refractivity contribution in [2.45, 2.75) is 0 Å². The Morgan fingerprint density at radius 3 is 1.42 bits per heavy atom. The van der Waals surface area contributed by atoms with E-state index in [1.54, 1.807) is 0 Å². The fourth-order valence-corrected chi connectivity index (χ4v) is 3.30. The summed E-state index contributed by atoms with van der Waals surface area (Å²) in [6, 6.07) is 0. The van der Waals surface area contributed by atoms with Crippen molar-refractivity contribution in [1.82, 2.24) is 9.80 Å². The molecular formula is C12H22N2S5. The summed E-state index contributed by atoms with van der Waals surface area (Å²) < 4.78 is 1.67. The molecule has 0 saturated heterocycles. The molecule has 0 unspecified atom stereocenters. The molecule has 19 heavy (non-hydrogen) atoms. The lowest BCUT2D eigenvalue weighted by Crippen LogP contribution is -2.18. The lowest BCUT2D eigenvalue weighted by Gasteiger charge is -2.15. The standard InChI is InChI=1S/C6H12N2S4.C6H10S/c1-7(2)5(9)11-12-6(10)8(3)4;1-3-5-7-6-4-2/h1-4H3;3-4H,1-2,5-6H2. The van der Waals surface area contributed by atoms with E-state index in [2.05, 4.69) is 13.2 Å². The first-order valence-electron chi connectivity index (χ1n) is 5.43. The van der Waals surface area contributed by atoms with Gasteiger partial charge in [-0.1, -0.05) is 36.6 Å². The molecule has 0 aliphatic rings. The largest absolute Gasteiger partial charge is 0.363 e. The maximum Gasteiger partial charge on any atom is 0.146 e. The number of thiocarbonyl (C=S) groups is 2. The third kappa shape index (κ3) is 16.3. The fourth-order valence-electron chi connectivity index (χ4n) is 0.455. The van der Waals surface area contributed by atoms with Gasteiger partial charge < -0.3 is 9.80 Å². The van der Waals surface area contributed by atoms with E-state index in [4.69, 9.17) is 24.4 Å². The van der Waals surface area contributed by atoms with Gasteiger partial charge in [0.25, 0.3) is 0 Å². The molecule has 0 aromatic carbocycles. The van der Waals surface area contributed by atoms with Crippen LogP contribution < -0.4 is 0 Å². The van der Waals surface area contributed by atoms with Crippen LogP contribution in [0.3, 0.4) is 0 Å². The Bertz CT molecular complexity index is 262. The minimum absolute atomic E-state index is 0.837. The molecule has 0 aliphatic carbocycles. The smallest absolute Gasteiger partial charge is 0.146 e. The molecular weight excluding hydrogens is 332 g/mol. The van der Waals surface area contributed by atoms with Gasteiger partial charge in [-0.25, -0.2) is 0 Å². The molecule has 0 aromatic rings. The topological polar surface area (TPSA) is 6.48 Å². The van der Waals surface area contributed by atoms with Crippen LogP contribution in [0.25, 0.3) is 0 Å². The van der Waals surface area contributed by atoms with Crippen molar-refractivity contribution in [3.63, 3.8) is 0 Å². The first kappa shape index (κ1) is 21.6. The van der Waals surface area contributed by atoms with Gasteiger partial charge in [-0.3, -0.25) is 0 Å². The molecule has 0 amide bonds. The van der Waals surface area contributed by atoms with Crippen LogP contribution in [-0.2, 0) is 0 Å². The van der Waals surface area contributed by atoms with E-state index in [0.29, 0.717) is 0 Å². The summed E-state index contributed by atoms with van der Waals surface area (Å²) >= 11 is 12.0. The number of hydrogen-bond acceptors (Lipinski definition) is 5. The Hall–Kier alpha value is 0.310. The average molecular weight is 355 g/mol. The van der Waals surface area contributed by atoms with Crippen molar-refractivity contribution in [1.29, 1.82) is 0 Å². The first-order chi connectivity index (χ1) is 8.86. The summed E-state index contributed by atoms with van der Waals surface area (Å²) in [6.07, 6.45) is 3.79. The number of thioether (sulfide) groups is 1. The van der Waals surface area contributed by atoms with E-state index >= 15 is 0 Å². The molecule has 2 nitrogen and oxygen atoms in total. The van der Waals surface area contributed by atoms with Crippen LogP contribution in [0.5, 0.6) is 0 Å². The zero-order valence-corrected chi connectivity index (χ0v) is 16.0. The molecule has 0 saturated carbocycles. The van der Waals surface area contributed by atoms with Gasteiger partial charge in [-0.05, 0) is 21.6 Å². The zero-order chi connectivity index (χ0) is 15.3. The molecule has 0 bridgehead atoms. The van der Waals surface area contributed by atoms with Crippen molar-refractivity contribution in [2.75, 3.05) is 39.7 Å². The zero-order valence-electron chi connectivity index (χ0n) is 11.9. The van der Waals surface area contributed by atoms with Gasteiger partial charge >= 0.3 is 0 Å². The molecule has 0 rings (SSSR count). The highest BCUT2D eigenvalue weighted by molar-refractivity contribution is 8.89. The second-order valence-corrected chi connectivity index (χ2v) is 8.07. The van der Waals surface area contributed by atoms with Gasteiger partial charge in [0.05, 0.1) is 0 Å². The predicted octanol–water partition coefficient (Wildman–Crippen LogP) is 4.15. The first-order valence-corrected chi connectivity index (χ1v) is 9.55. The lowest BCUT2D eigenvalue weighted by molar-refractivity contribution is 0.647. The van der Waals surface area contributed by atoms with E-state index in [0.717, 1.165) is 20.1 Å². The van der Waals surface area contributed by atoms with Crippen LogP contribution in [0.4, 0.5) is 0 Å².